The maximum Gasteiger partial charge on any atom is 0.416 e. The maximum absolute atomic E-state index is 13.0. The average Bonchev–Trinajstić information content (AvgIpc) is 3.16. The van der Waals surface area contributed by atoms with E-state index in [4.69, 9.17) is 4.18 Å². The zero-order valence-electron chi connectivity index (χ0n) is 15.1. The molecule has 2 aromatic heterocycles. The number of halogens is 3. The summed E-state index contributed by atoms with van der Waals surface area (Å²) in [6.45, 7) is 0. The number of imidazole rings is 1. The smallest absolute Gasteiger partial charge is 0.290 e. The van der Waals surface area contributed by atoms with Gasteiger partial charge in [-0.1, -0.05) is 24.3 Å². The van der Waals surface area contributed by atoms with Gasteiger partial charge in [-0.2, -0.15) is 18.3 Å². The Morgan fingerprint density at radius 1 is 1.00 bits per heavy atom. The molecule has 0 amide bonds. The first-order chi connectivity index (χ1) is 13.9. The zero-order chi connectivity index (χ0) is 20.6. The van der Waals surface area contributed by atoms with Crippen LogP contribution in [0.15, 0.2) is 71.8 Å². The molecule has 0 aliphatic rings. The van der Waals surface area contributed by atoms with E-state index in [0.29, 0.717) is 27.5 Å². The predicted octanol–water partition coefficient (Wildman–Crippen LogP) is 4.75. The highest BCUT2D eigenvalue weighted by Crippen LogP contribution is 2.32. The van der Waals surface area contributed by atoms with E-state index in [1.165, 1.54) is 13.2 Å². The summed E-state index contributed by atoms with van der Waals surface area (Å²) in [5, 5.41) is 4.48. The fraction of sp³-hybridized carbons (Fsp3) is 0.100. The highest BCUT2D eigenvalue weighted by molar-refractivity contribution is 7.80. The van der Waals surface area contributed by atoms with E-state index in [9.17, 15) is 17.4 Å². The molecular formula is C20H14F3N3O2S. The summed E-state index contributed by atoms with van der Waals surface area (Å²) < 4.78 is 57.1. The fourth-order valence-electron chi connectivity index (χ4n) is 2.91. The zero-order valence-corrected chi connectivity index (χ0v) is 15.9. The Labute approximate surface area is 166 Å². The Bertz CT molecular complexity index is 1200. The molecule has 1 unspecified atom stereocenters. The van der Waals surface area contributed by atoms with Gasteiger partial charge in [-0.3, -0.25) is 4.18 Å². The van der Waals surface area contributed by atoms with Crippen molar-refractivity contribution >= 4 is 16.7 Å². The van der Waals surface area contributed by atoms with E-state index >= 15 is 0 Å². The summed E-state index contributed by atoms with van der Waals surface area (Å²) in [5.41, 5.74) is 1.99. The quantitative estimate of drug-likeness (QED) is 0.481. The van der Waals surface area contributed by atoms with E-state index in [2.05, 4.69) is 10.1 Å². The van der Waals surface area contributed by atoms with Crippen LogP contribution in [0.1, 0.15) is 5.56 Å². The van der Waals surface area contributed by atoms with Crippen LogP contribution in [0, 0.1) is 0 Å². The highest BCUT2D eigenvalue weighted by atomic mass is 32.2. The second-order valence-electron chi connectivity index (χ2n) is 6.14. The maximum atomic E-state index is 13.0. The minimum absolute atomic E-state index is 0.354. The van der Waals surface area contributed by atoms with Gasteiger partial charge in [0.2, 0.25) is 0 Å². The van der Waals surface area contributed by atoms with Crippen molar-refractivity contribution in [1.82, 2.24) is 14.6 Å². The van der Waals surface area contributed by atoms with Gasteiger partial charge in [-0.05, 0) is 36.4 Å². The van der Waals surface area contributed by atoms with Crippen LogP contribution < -0.4 is 0 Å². The fourth-order valence-corrected chi connectivity index (χ4v) is 3.46. The van der Waals surface area contributed by atoms with Crippen LogP contribution in [-0.2, 0) is 21.4 Å². The summed E-state index contributed by atoms with van der Waals surface area (Å²) in [6.07, 6.45) is -2.80. The van der Waals surface area contributed by atoms with Gasteiger partial charge < -0.3 is 0 Å². The third kappa shape index (κ3) is 3.79. The van der Waals surface area contributed by atoms with Crippen molar-refractivity contribution < 1.29 is 21.6 Å². The minimum Gasteiger partial charge on any atom is -0.290 e. The van der Waals surface area contributed by atoms with Crippen molar-refractivity contribution in [2.75, 3.05) is 7.11 Å². The monoisotopic (exact) mass is 417 g/mol. The molecule has 5 nitrogen and oxygen atoms in total. The van der Waals surface area contributed by atoms with Gasteiger partial charge in [0.1, 0.15) is 0 Å². The molecule has 2 heterocycles. The van der Waals surface area contributed by atoms with E-state index in [1.54, 1.807) is 53.2 Å². The van der Waals surface area contributed by atoms with Crippen LogP contribution in [0.25, 0.3) is 28.2 Å². The third-order valence-electron chi connectivity index (χ3n) is 4.34. The van der Waals surface area contributed by atoms with Crippen molar-refractivity contribution in [1.29, 1.82) is 0 Å². The highest BCUT2D eigenvalue weighted by Gasteiger charge is 2.30. The number of rotatable bonds is 4. The van der Waals surface area contributed by atoms with Crippen LogP contribution in [0.2, 0.25) is 0 Å². The van der Waals surface area contributed by atoms with Crippen LogP contribution in [0.3, 0.4) is 0 Å². The number of aromatic nitrogens is 3. The lowest BCUT2D eigenvalue weighted by Crippen LogP contribution is -2.05. The second-order valence-corrected chi connectivity index (χ2v) is 7.41. The Kier molecular flexibility index (Phi) is 4.93. The first-order valence-corrected chi connectivity index (χ1v) is 9.53. The molecule has 0 radical (unpaired) electrons. The molecule has 0 aliphatic carbocycles. The molecule has 2 aromatic carbocycles. The topological polar surface area (TPSA) is 56.5 Å². The summed E-state index contributed by atoms with van der Waals surface area (Å²) in [6, 6.07) is 15.2. The van der Waals surface area contributed by atoms with Crippen molar-refractivity contribution in [2.45, 2.75) is 11.1 Å². The molecule has 29 heavy (non-hydrogen) atoms. The van der Waals surface area contributed by atoms with Gasteiger partial charge in [0.05, 0.1) is 35.2 Å². The Balaban J connectivity index is 1.77. The Morgan fingerprint density at radius 3 is 2.45 bits per heavy atom. The first-order valence-electron chi connectivity index (χ1n) is 8.46. The molecule has 0 fully saturated rings. The van der Waals surface area contributed by atoms with Gasteiger partial charge >= 0.3 is 6.18 Å². The number of nitrogens with zero attached hydrogens (tertiary/aromatic N) is 3. The number of hydrogen-bond donors (Lipinski definition) is 0. The number of alkyl halides is 3. The summed E-state index contributed by atoms with van der Waals surface area (Å²) in [5.74, 6) is 0. The van der Waals surface area contributed by atoms with E-state index < -0.39 is 22.8 Å². The third-order valence-corrected chi connectivity index (χ3v) is 5.30. The van der Waals surface area contributed by atoms with E-state index in [0.717, 1.165) is 17.7 Å². The predicted molar refractivity (Wildman–Crippen MR) is 102 cm³/mol. The van der Waals surface area contributed by atoms with Crippen LogP contribution in [0.4, 0.5) is 13.2 Å². The molecule has 0 N–H and O–H groups in total. The molecule has 9 heteroatoms. The van der Waals surface area contributed by atoms with Gasteiger partial charge in [-0.15, -0.1) is 0 Å². The van der Waals surface area contributed by atoms with Crippen molar-refractivity contribution in [3.8, 4) is 22.5 Å². The lowest BCUT2D eigenvalue weighted by Gasteiger charge is -2.09. The normalized spacial score (nSPS) is 13.0. The van der Waals surface area contributed by atoms with Gasteiger partial charge in [0.15, 0.2) is 16.7 Å². The lowest BCUT2D eigenvalue weighted by molar-refractivity contribution is -0.137. The van der Waals surface area contributed by atoms with Gasteiger partial charge in [0.25, 0.3) is 0 Å². The molecule has 4 aromatic rings. The van der Waals surface area contributed by atoms with E-state index in [-0.39, 0.29) is 0 Å². The largest absolute Gasteiger partial charge is 0.416 e. The standard InChI is InChI=1S/C20H14F3N3O2S/c1-28-29(27)16-7-5-13(6-8-16)18-12-24-19-10-9-17(25-26(18)19)14-3-2-4-15(11-14)20(21,22)23/h2-12H,1H3. The molecule has 0 aliphatic heterocycles. The van der Waals surface area contributed by atoms with Gasteiger partial charge in [0, 0.05) is 11.1 Å². The molecule has 148 valence electrons. The average molecular weight is 417 g/mol. The minimum atomic E-state index is -4.43. The molecule has 0 saturated heterocycles. The van der Waals surface area contributed by atoms with Crippen molar-refractivity contribution in [3.05, 3.63) is 72.4 Å². The lowest BCUT2D eigenvalue weighted by atomic mass is 10.1. The van der Waals surface area contributed by atoms with Crippen LogP contribution >= 0.6 is 0 Å². The van der Waals surface area contributed by atoms with Crippen LogP contribution in [-0.4, -0.2) is 25.9 Å². The Morgan fingerprint density at radius 2 is 1.76 bits per heavy atom. The molecule has 0 spiro atoms. The molecular weight excluding hydrogens is 403 g/mol. The molecule has 0 bridgehead atoms. The number of benzene rings is 2. The van der Waals surface area contributed by atoms with Crippen molar-refractivity contribution in [3.63, 3.8) is 0 Å². The first kappa shape index (κ1) is 19.3. The van der Waals surface area contributed by atoms with Crippen molar-refractivity contribution in [2.24, 2.45) is 0 Å². The summed E-state index contributed by atoms with van der Waals surface area (Å²) in [4.78, 5) is 4.81. The second kappa shape index (κ2) is 7.41. The van der Waals surface area contributed by atoms with Gasteiger partial charge in [-0.25, -0.2) is 13.7 Å². The summed E-state index contributed by atoms with van der Waals surface area (Å²) >= 11 is -1.54. The summed E-state index contributed by atoms with van der Waals surface area (Å²) in [7, 11) is 1.35. The Hall–Kier alpha value is -3.04. The number of fused-ring (bicyclic) bond motifs is 1. The van der Waals surface area contributed by atoms with Crippen LogP contribution in [0.5, 0.6) is 0 Å². The SMILES string of the molecule is COS(=O)c1ccc(-c2cnc3ccc(-c4cccc(C(F)(F)F)c4)nn23)cc1. The van der Waals surface area contributed by atoms with E-state index in [1.807, 2.05) is 0 Å². The molecule has 1 atom stereocenters. The molecule has 0 saturated carbocycles. The number of hydrogen-bond acceptors (Lipinski definition) is 4. The molecule has 4 rings (SSSR count).